The van der Waals surface area contributed by atoms with Crippen LogP contribution in [-0.4, -0.2) is 17.9 Å². The fourth-order valence-corrected chi connectivity index (χ4v) is 2.61. The monoisotopic (exact) mass is 285 g/mol. The van der Waals surface area contributed by atoms with Crippen LogP contribution in [0.1, 0.15) is 48.5 Å². The Morgan fingerprint density at radius 3 is 2.75 bits per heavy atom. The summed E-state index contributed by atoms with van der Waals surface area (Å²) in [5.41, 5.74) is -0.631. The summed E-state index contributed by atoms with van der Waals surface area (Å²) < 4.78 is 37.9. The lowest BCUT2D eigenvalue weighted by Crippen LogP contribution is -2.41. The molecular weight excluding hydrogens is 267 g/mol. The van der Waals surface area contributed by atoms with Crippen LogP contribution in [0, 0.1) is 0 Å². The van der Waals surface area contributed by atoms with Crippen molar-refractivity contribution in [3.63, 3.8) is 0 Å². The Kier molecular flexibility index (Phi) is 4.48. The number of piperidine rings is 1. The average Bonchev–Trinajstić information content (AvgIpc) is 2.38. The number of carbonyl (C=O) groups excluding carboxylic acids is 1. The highest BCUT2D eigenvalue weighted by Gasteiger charge is 2.31. The highest BCUT2D eigenvalue weighted by atomic mass is 19.4. The summed E-state index contributed by atoms with van der Waals surface area (Å²) in [7, 11) is 0. The summed E-state index contributed by atoms with van der Waals surface area (Å²) in [6, 6.07) is 5.09. The third-order valence-electron chi connectivity index (χ3n) is 3.65. The van der Waals surface area contributed by atoms with Gasteiger partial charge >= 0.3 is 6.18 Å². The van der Waals surface area contributed by atoms with Gasteiger partial charge in [0.1, 0.15) is 0 Å². The van der Waals surface area contributed by atoms with Gasteiger partial charge in [-0.3, -0.25) is 4.79 Å². The van der Waals surface area contributed by atoms with Crippen molar-refractivity contribution in [1.29, 1.82) is 0 Å². The molecule has 0 spiro atoms. The van der Waals surface area contributed by atoms with Gasteiger partial charge in [-0.05, 0) is 31.9 Å². The quantitative estimate of drug-likeness (QED) is 0.856. The summed E-state index contributed by atoms with van der Waals surface area (Å²) in [5.74, 6) is -0.234. The predicted molar refractivity (Wildman–Crippen MR) is 70.6 cm³/mol. The number of hydrogen-bond acceptors (Lipinski definition) is 2. The molecule has 0 saturated carbocycles. The zero-order chi connectivity index (χ0) is 14.8. The fourth-order valence-electron chi connectivity index (χ4n) is 2.61. The van der Waals surface area contributed by atoms with Gasteiger partial charge in [-0.25, -0.2) is 0 Å². The molecule has 1 aromatic carbocycles. The first-order chi connectivity index (χ1) is 9.36. The van der Waals surface area contributed by atoms with Gasteiger partial charge in [-0.1, -0.05) is 18.6 Å². The Hall–Kier alpha value is -1.36. The smallest absolute Gasteiger partial charge is 0.311 e. The lowest BCUT2D eigenvalue weighted by atomic mass is 9.93. The molecule has 2 nitrogen and oxygen atoms in total. The largest absolute Gasteiger partial charge is 0.416 e. The van der Waals surface area contributed by atoms with Crippen molar-refractivity contribution in [3.8, 4) is 0 Å². The van der Waals surface area contributed by atoms with Gasteiger partial charge < -0.3 is 5.32 Å². The maximum Gasteiger partial charge on any atom is 0.416 e. The van der Waals surface area contributed by atoms with Crippen molar-refractivity contribution in [2.45, 2.75) is 50.9 Å². The van der Waals surface area contributed by atoms with E-state index in [1.807, 2.05) is 0 Å². The molecule has 0 aliphatic carbocycles. The zero-order valence-electron chi connectivity index (χ0n) is 11.3. The summed E-state index contributed by atoms with van der Waals surface area (Å²) in [4.78, 5) is 12.1. The second kappa shape index (κ2) is 5.95. The molecule has 2 atom stereocenters. The minimum absolute atomic E-state index is 0.0702. The lowest BCUT2D eigenvalue weighted by Gasteiger charge is -2.28. The molecule has 1 heterocycles. The predicted octanol–water partition coefficient (Wildman–Crippen LogP) is 3.81. The molecule has 5 heteroatoms. The topological polar surface area (TPSA) is 29.1 Å². The number of rotatable bonds is 3. The molecule has 110 valence electrons. The number of Topliss-reactive ketones (excluding diaryl/α,β-unsaturated/α-hetero) is 1. The molecule has 1 aliphatic heterocycles. The van der Waals surface area contributed by atoms with E-state index < -0.39 is 11.7 Å². The highest BCUT2D eigenvalue weighted by molar-refractivity contribution is 5.96. The van der Waals surface area contributed by atoms with Crippen molar-refractivity contribution in [1.82, 2.24) is 5.32 Å². The standard InChI is InChI=1S/C15H18F3NO/c1-10-4-2-7-13(19-10)9-14(20)11-5-3-6-12(8-11)15(16,17)18/h3,5-6,8,10,13,19H,2,4,7,9H2,1H3. The number of ketones is 1. The number of nitrogens with one attached hydrogen (secondary N) is 1. The second-order valence-electron chi connectivity index (χ2n) is 5.40. The Morgan fingerprint density at radius 2 is 2.10 bits per heavy atom. The lowest BCUT2D eigenvalue weighted by molar-refractivity contribution is -0.137. The molecule has 1 aliphatic rings. The molecular formula is C15H18F3NO. The molecule has 0 radical (unpaired) electrons. The highest BCUT2D eigenvalue weighted by Crippen LogP contribution is 2.30. The molecule has 1 saturated heterocycles. The Labute approximate surface area is 116 Å². The number of carbonyl (C=O) groups is 1. The van der Waals surface area contributed by atoms with E-state index in [1.54, 1.807) is 0 Å². The van der Waals surface area contributed by atoms with Crippen molar-refractivity contribution >= 4 is 5.78 Å². The normalized spacial score (nSPS) is 23.6. The van der Waals surface area contributed by atoms with Gasteiger partial charge in [0.05, 0.1) is 5.56 Å². The van der Waals surface area contributed by atoms with Crippen LogP contribution in [-0.2, 0) is 6.18 Å². The summed E-state index contributed by atoms with van der Waals surface area (Å²) in [5, 5.41) is 3.32. The van der Waals surface area contributed by atoms with Gasteiger partial charge in [0, 0.05) is 24.1 Å². The van der Waals surface area contributed by atoms with Gasteiger partial charge in [-0.2, -0.15) is 13.2 Å². The number of hydrogen-bond donors (Lipinski definition) is 1. The SMILES string of the molecule is CC1CCCC(CC(=O)c2cccc(C(F)(F)F)c2)N1. The van der Waals surface area contributed by atoms with E-state index in [4.69, 9.17) is 0 Å². The van der Waals surface area contributed by atoms with E-state index in [1.165, 1.54) is 12.1 Å². The summed E-state index contributed by atoms with van der Waals surface area (Å²) in [6.45, 7) is 2.06. The van der Waals surface area contributed by atoms with Crippen LogP contribution in [0.3, 0.4) is 0 Å². The maximum absolute atomic E-state index is 12.6. The van der Waals surface area contributed by atoms with Crippen LogP contribution in [0.2, 0.25) is 0 Å². The van der Waals surface area contributed by atoms with E-state index in [0.29, 0.717) is 6.04 Å². The molecule has 0 amide bonds. The van der Waals surface area contributed by atoms with Crippen LogP contribution < -0.4 is 5.32 Å². The number of benzene rings is 1. The third-order valence-corrected chi connectivity index (χ3v) is 3.65. The maximum atomic E-state index is 12.6. The Bertz CT molecular complexity index is 484. The Morgan fingerprint density at radius 1 is 1.35 bits per heavy atom. The van der Waals surface area contributed by atoms with Gasteiger partial charge in [0.15, 0.2) is 5.78 Å². The van der Waals surface area contributed by atoms with Gasteiger partial charge in [-0.15, -0.1) is 0 Å². The minimum atomic E-state index is -4.41. The van der Waals surface area contributed by atoms with Crippen molar-refractivity contribution in [2.75, 3.05) is 0 Å². The van der Waals surface area contributed by atoms with Crippen LogP contribution >= 0.6 is 0 Å². The first-order valence-corrected chi connectivity index (χ1v) is 6.83. The van der Waals surface area contributed by atoms with Crippen molar-refractivity contribution in [3.05, 3.63) is 35.4 Å². The minimum Gasteiger partial charge on any atom is -0.311 e. The molecule has 1 fully saturated rings. The van der Waals surface area contributed by atoms with E-state index in [0.717, 1.165) is 31.4 Å². The van der Waals surface area contributed by atoms with Gasteiger partial charge in [0.25, 0.3) is 0 Å². The fraction of sp³-hybridized carbons (Fsp3) is 0.533. The molecule has 1 N–H and O–H groups in total. The summed E-state index contributed by atoms with van der Waals surface area (Å²) >= 11 is 0. The van der Waals surface area contributed by atoms with E-state index in [-0.39, 0.29) is 23.8 Å². The zero-order valence-corrected chi connectivity index (χ0v) is 11.3. The molecule has 20 heavy (non-hydrogen) atoms. The van der Waals surface area contributed by atoms with E-state index in [2.05, 4.69) is 12.2 Å². The third kappa shape index (κ3) is 3.82. The average molecular weight is 285 g/mol. The van der Waals surface area contributed by atoms with E-state index >= 15 is 0 Å². The molecule has 1 aromatic rings. The van der Waals surface area contributed by atoms with Crippen LogP contribution in [0.15, 0.2) is 24.3 Å². The molecule has 2 unspecified atom stereocenters. The molecule has 0 bridgehead atoms. The molecule has 2 rings (SSSR count). The number of halogens is 3. The summed E-state index contributed by atoms with van der Waals surface area (Å²) in [6.07, 6.45) is -1.13. The second-order valence-corrected chi connectivity index (χ2v) is 5.40. The van der Waals surface area contributed by atoms with Crippen LogP contribution in [0.4, 0.5) is 13.2 Å². The van der Waals surface area contributed by atoms with Crippen LogP contribution in [0.5, 0.6) is 0 Å². The van der Waals surface area contributed by atoms with E-state index in [9.17, 15) is 18.0 Å². The first-order valence-electron chi connectivity index (χ1n) is 6.83. The molecule has 0 aromatic heterocycles. The van der Waals surface area contributed by atoms with Crippen molar-refractivity contribution < 1.29 is 18.0 Å². The van der Waals surface area contributed by atoms with Crippen molar-refractivity contribution in [2.24, 2.45) is 0 Å². The first kappa shape index (κ1) is 15.0. The van der Waals surface area contributed by atoms with Crippen LogP contribution in [0.25, 0.3) is 0 Å². The Balaban J connectivity index is 2.05. The number of alkyl halides is 3. The van der Waals surface area contributed by atoms with Gasteiger partial charge in [0.2, 0.25) is 0 Å².